The highest BCUT2D eigenvalue weighted by molar-refractivity contribution is 5.61. The Labute approximate surface area is 173 Å². The number of oxazole rings is 1. The predicted molar refractivity (Wildman–Crippen MR) is 110 cm³/mol. The second kappa shape index (κ2) is 7.17. The molecule has 3 aromatic heterocycles. The molecule has 1 unspecified atom stereocenters. The van der Waals surface area contributed by atoms with Crippen LogP contribution in [0.15, 0.2) is 52.9 Å². The first-order chi connectivity index (χ1) is 14.1. The maximum absolute atomic E-state index is 15.0. The Morgan fingerprint density at radius 2 is 2.17 bits per heavy atom. The molecule has 0 bridgehead atoms. The van der Waals surface area contributed by atoms with Crippen LogP contribution in [0.3, 0.4) is 0 Å². The summed E-state index contributed by atoms with van der Waals surface area (Å²) >= 11 is 0. The summed E-state index contributed by atoms with van der Waals surface area (Å²) in [6.07, 6.45) is 10.2. The molecule has 0 saturated carbocycles. The molecule has 30 heavy (non-hydrogen) atoms. The molecule has 0 aromatic carbocycles. The van der Waals surface area contributed by atoms with Crippen LogP contribution in [0.5, 0.6) is 0 Å². The van der Waals surface area contributed by atoms with Gasteiger partial charge in [-0.3, -0.25) is 4.68 Å². The van der Waals surface area contributed by atoms with Crippen LogP contribution < -0.4 is 5.73 Å². The molecule has 3 N–H and O–H groups in total. The lowest BCUT2D eigenvalue weighted by molar-refractivity contribution is 0.0787. The summed E-state index contributed by atoms with van der Waals surface area (Å²) in [6.45, 7) is 4.98. The number of aliphatic hydroxyl groups is 1. The van der Waals surface area contributed by atoms with Crippen molar-refractivity contribution in [3.63, 3.8) is 0 Å². The van der Waals surface area contributed by atoms with Crippen LogP contribution in [-0.2, 0) is 12.1 Å². The Kier molecular flexibility index (Phi) is 4.77. The number of nitrogens with zero attached hydrogens (tertiary/aromatic N) is 5. The molecule has 0 saturated heterocycles. The van der Waals surface area contributed by atoms with Gasteiger partial charge in [0.2, 0.25) is 5.89 Å². The minimum atomic E-state index is -1.47. The fourth-order valence-electron chi connectivity index (χ4n) is 3.32. The second-order valence-electron chi connectivity index (χ2n) is 7.98. The highest BCUT2D eigenvalue weighted by Gasteiger charge is 2.30. The Morgan fingerprint density at radius 3 is 2.80 bits per heavy atom. The summed E-state index contributed by atoms with van der Waals surface area (Å²) in [4.78, 5) is 12.8. The van der Waals surface area contributed by atoms with E-state index in [1.165, 1.54) is 18.7 Å². The first-order valence-electron chi connectivity index (χ1n) is 9.54. The van der Waals surface area contributed by atoms with Gasteiger partial charge in [-0.15, -0.1) is 0 Å². The average molecular weight is 410 g/mol. The van der Waals surface area contributed by atoms with Crippen LogP contribution >= 0.6 is 0 Å². The van der Waals surface area contributed by atoms with Crippen LogP contribution in [0.1, 0.15) is 32.8 Å². The summed E-state index contributed by atoms with van der Waals surface area (Å²) in [6, 6.07) is 1.72. The molecule has 1 aliphatic rings. The molecule has 0 fully saturated rings. The van der Waals surface area contributed by atoms with Crippen LogP contribution in [0, 0.1) is 0 Å². The molecule has 0 spiro atoms. The van der Waals surface area contributed by atoms with Crippen LogP contribution in [-0.4, -0.2) is 35.5 Å². The van der Waals surface area contributed by atoms with Crippen molar-refractivity contribution < 1.29 is 13.9 Å². The zero-order valence-corrected chi connectivity index (χ0v) is 17.0. The third kappa shape index (κ3) is 3.76. The number of hydrogen-bond acceptors (Lipinski definition) is 7. The first-order valence-corrected chi connectivity index (χ1v) is 9.54. The van der Waals surface area contributed by atoms with Gasteiger partial charge in [-0.1, -0.05) is 18.2 Å². The minimum Gasteiger partial charge on any atom is -0.443 e. The molecule has 0 amide bonds. The molecule has 0 radical (unpaired) electrons. The van der Waals surface area contributed by atoms with Gasteiger partial charge in [0.25, 0.3) is 0 Å². The summed E-state index contributed by atoms with van der Waals surface area (Å²) < 4.78 is 22.0. The van der Waals surface area contributed by atoms with E-state index in [0.717, 1.165) is 0 Å². The first kappa shape index (κ1) is 20.0. The third-order valence-corrected chi connectivity index (χ3v) is 5.06. The van der Waals surface area contributed by atoms with Crippen LogP contribution in [0.4, 0.5) is 10.2 Å². The van der Waals surface area contributed by atoms with E-state index in [1.807, 2.05) is 6.08 Å². The third-order valence-electron chi connectivity index (χ3n) is 5.06. The van der Waals surface area contributed by atoms with Crippen molar-refractivity contribution in [3.05, 3.63) is 54.1 Å². The van der Waals surface area contributed by atoms with E-state index in [4.69, 9.17) is 10.2 Å². The lowest BCUT2D eigenvalue weighted by Gasteiger charge is -2.25. The van der Waals surface area contributed by atoms with Gasteiger partial charge in [-0.05, 0) is 26.3 Å². The SMILES string of the molecule is CC1(F)CC=CC=C1Cn1nc(-c2ncc(C(C)(C)O)c(N)n2)cc1-c1ncco1. The number of halogens is 1. The van der Waals surface area contributed by atoms with Gasteiger partial charge in [-0.2, -0.15) is 5.10 Å². The number of aromatic nitrogens is 5. The minimum absolute atomic E-state index is 0.163. The van der Waals surface area contributed by atoms with Gasteiger partial charge < -0.3 is 15.3 Å². The van der Waals surface area contributed by atoms with Crippen LogP contribution in [0.25, 0.3) is 23.1 Å². The van der Waals surface area contributed by atoms with Gasteiger partial charge in [-0.25, -0.2) is 19.3 Å². The van der Waals surface area contributed by atoms with Crippen molar-refractivity contribution in [3.8, 4) is 23.1 Å². The molecular weight excluding hydrogens is 387 g/mol. The van der Waals surface area contributed by atoms with Gasteiger partial charge in [0.1, 0.15) is 29.1 Å². The quantitative estimate of drug-likeness (QED) is 0.662. The summed E-state index contributed by atoms with van der Waals surface area (Å²) in [5.74, 6) is 0.797. The molecule has 0 aliphatic heterocycles. The summed E-state index contributed by atoms with van der Waals surface area (Å²) in [7, 11) is 0. The Morgan fingerprint density at radius 1 is 1.37 bits per heavy atom. The Balaban J connectivity index is 1.76. The monoisotopic (exact) mass is 410 g/mol. The molecule has 4 rings (SSSR count). The number of allylic oxidation sites excluding steroid dienone is 4. The van der Waals surface area contributed by atoms with E-state index < -0.39 is 11.3 Å². The zero-order chi connectivity index (χ0) is 21.5. The van der Waals surface area contributed by atoms with Gasteiger partial charge in [0.15, 0.2) is 5.82 Å². The lowest BCUT2D eigenvalue weighted by atomic mass is 9.90. The van der Waals surface area contributed by atoms with E-state index in [9.17, 15) is 9.50 Å². The largest absolute Gasteiger partial charge is 0.443 e. The Hall–Kier alpha value is -3.33. The van der Waals surface area contributed by atoms with Crippen molar-refractivity contribution in [2.75, 3.05) is 5.73 Å². The molecule has 8 nitrogen and oxygen atoms in total. The summed E-state index contributed by atoms with van der Waals surface area (Å²) in [5.41, 5.74) is 5.40. The molecule has 1 aliphatic carbocycles. The van der Waals surface area contributed by atoms with Crippen molar-refractivity contribution in [2.24, 2.45) is 0 Å². The van der Waals surface area contributed by atoms with E-state index >= 15 is 0 Å². The van der Waals surface area contributed by atoms with Crippen LogP contribution in [0.2, 0.25) is 0 Å². The molecule has 156 valence electrons. The van der Waals surface area contributed by atoms with E-state index in [-0.39, 0.29) is 18.2 Å². The standard InChI is InChI=1S/C21H23FN6O2/c1-20(2,29)14-11-25-18(26-17(14)23)15-10-16(19-24-8-9-30-19)28(27-15)12-13-6-4-5-7-21(13,3)22/h4-6,8-11,29H,7,12H2,1-3H3,(H2,23,25,26). The van der Waals surface area contributed by atoms with E-state index in [1.54, 1.807) is 43.7 Å². The number of nitrogens with two attached hydrogens (primary N) is 1. The number of anilines is 1. The fraction of sp³-hybridized carbons (Fsp3) is 0.333. The van der Waals surface area contributed by atoms with Crippen molar-refractivity contribution >= 4 is 5.82 Å². The maximum Gasteiger partial charge on any atom is 0.244 e. The maximum atomic E-state index is 15.0. The van der Waals surface area contributed by atoms with Crippen molar-refractivity contribution in [1.82, 2.24) is 24.7 Å². The predicted octanol–water partition coefficient (Wildman–Crippen LogP) is 3.42. The molecule has 3 heterocycles. The van der Waals surface area contributed by atoms with Gasteiger partial charge in [0, 0.05) is 24.2 Å². The van der Waals surface area contributed by atoms with Crippen molar-refractivity contribution in [1.29, 1.82) is 0 Å². The molecular formula is C21H23FN6O2. The Bertz CT molecular complexity index is 1120. The normalized spacial score (nSPS) is 19.2. The number of rotatable bonds is 5. The van der Waals surface area contributed by atoms with Gasteiger partial charge in [0.05, 0.1) is 18.3 Å². The van der Waals surface area contributed by atoms with Gasteiger partial charge >= 0.3 is 0 Å². The van der Waals surface area contributed by atoms with Crippen molar-refractivity contribution in [2.45, 2.75) is 45.0 Å². The molecule has 1 atom stereocenters. The highest BCUT2D eigenvalue weighted by atomic mass is 19.1. The fourth-order valence-corrected chi connectivity index (χ4v) is 3.32. The highest BCUT2D eigenvalue weighted by Crippen LogP contribution is 2.33. The molecule has 9 heteroatoms. The van der Waals surface area contributed by atoms with E-state index in [0.29, 0.717) is 34.8 Å². The number of hydrogen-bond donors (Lipinski definition) is 2. The zero-order valence-electron chi connectivity index (χ0n) is 17.0. The lowest BCUT2D eigenvalue weighted by Crippen LogP contribution is -2.26. The van der Waals surface area contributed by atoms with E-state index in [2.05, 4.69) is 20.1 Å². The summed E-state index contributed by atoms with van der Waals surface area (Å²) in [5, 5.41) is 14.8. The molecule has 3 aromatic rings. The second-order valence-corrected chi connectivity index (χ2v) is 7.98. The smallest absolute Gasteiger partial charge is 0.244 e. The number of nitrogen functional groups attached to an aromatic ring is 1. The topological polar surface area (TPSA) is 116 Å². The number of alkyl halides is 1. The average Bonchev–Trinajstić information content (AvgIpc) is 3.32.